The number of anilines is 2. The van der Waals surface area contributed by atoms with Gasteiger partial charge in [-0.3, -0.25) is 0 Å². The van der Waals surface area contributed by atoms with E-state index in [0.29, 0.717) is 17.4 Å². The van der Waals surface area contributed by atoms with Gasteiger partial charge in [0.15, 0.2) is 0 Å². The molecule has 174 valence electrons. The molecule has 0 aliphatic heterocycles. The molecule has 9 heteroatoms. The lowest BCUT2D eigenvalue weighted by Gasteiger charge is -2.15. The number of nitrogens with one attached hydrogen (secondary N) is 3. The van der Waals surface area contributed by atoms with Crippen molar-refractivity contribution in [2.24, 2.45) is 0 Å². The van der Waals surface area contributed by atoms with Crippen molar-refractivity contribution in [3.63, 3.8) is 0 Å². The van der Waals surface area contributed by atoms with Crippen LogP contribution in [0.15, 0.2) is 73.1 Å². The van der Waals surface area contributed by atoms with Gasteiger partial charge in [0.25, 0.3) is 0 Å². The number of aliphatic hydroxyl groups excluding tert-OH is 1. The molecule has 0 fully saturated rings. The number of nitrogens with zero attached hydrogens (tertiary/aromatic N) is 2. The summed E-state index contributed by atoms with van der Waals surface area (Å²) in [5.41, 5.74) is 3.78. The summed E-state index contributed by atoms with van der Waals surface area (Å²) in [7, 11) is 1.60. The van der Waals surface area contributed by atoms with Gasteiger partial charge in [-0.15, -0.1) is 0 Å². The second kappa shape index (κ2) is 10.5. The molecule has 0 spiro atoms. The Morgan fingerprint density at radius 3 is 2.68 bits per heavy atom. The molecule has 2 aromatic heterocycles. The van der Waals surface area contributed by atoms with E-state index >= 15 is 0 Å². The van der Waals surface area contributed by atoms with Crippen molar-refractivity contribution < 1.29 is 19.4 Å². The number of para-hydroxylation sites is 2. The monoisotopic (exact) mass is 459 g/mol. The van der Waals surface area contributed by atoms with E-state index in [9.17, 15) is 9.90 Å². The number of aryl methyl sites for hydroxylation is 1. The molecule has 1 amide bonds. The van der Waals surface area contributed by atoms with Gasteiger partial charge < -0.3 is 30.2 Å². The molecule has 4 aromatic rings. The second-order valence-corrected chi connectivity index (χ2v) is 7.48. The second-order valence-electron chi connectivity index (χ2n) is 7.48. The van der Waals surface area contributed by atoms with Gasteiger partial charge in [-0.25, -0.2) is 14.8 Å². The number of benzene rings is 2. The molecule has 2 heterocycles. The van der Waals surface area contributed by atoms with Crippen molar-refractivity contribution in [2.75, 3.05) is 19.0 Å². The molecule has 1 unspecified atom stereocenters. The highest BCUT2D eigenvalue weighted by Crippen LogP contribution is 2.29. The van der Waals surface area contributed by atoms with E-state index < -0.39 is 12.1 Å². The maximum absolute atomic E-state index is 12.4. The summed E-state index contributed by atoms with van der Waals surface area (Å²) < 4.78 is 10.7. The zero-order chi connectivity index (χ0) is 23.9. The minimum absolute atomic E-state index is 0.245. The van der Waals surface area contributed by atoms with E-state index in [4.69, 9.17) is 9.47 Å². The molecule has 0 bridgehead atoms. The van der Waals surface area contributed by atoms with Crippen LogP contribution in [0.4, 0.5) is 16.4 Å². The van der Waals surface area contributed by atoms with Gasteiger partial charge in [-0.05, 0) is 30.2 Å². The van der Waals surface area contributed by atoms with Crippen LogP contribution in [-0.2, 0) is 0 Å². The minimum Gasteiger partial charge on any atom is -0.495 e. The zero-order valence-electron chi connectivity index (χ0n) is 18.8. The number of ether oxygens (including phenoxy) is 2. The Morgan fingerprint density at radius 2 is 1.91 bits per heavy atom. The highest BCUT2D eigenvalue weighted by Gasteiger charge is 2.17. The van der Waals surface area contributed by atoms with Crippen LogP contribution < -0.4 is 20.1 Å². The molecular formula is C25H25N5O4. The molecule has 0 radical (unpaired) electrons. The summed E-state index contributed by atoms with van der Waals surface area (Å²) in [6, 6.07) is 17.8. The van der Waals surface area contributed by atoms with E-state index in [1.54, 1.807) is 25.6 Å². The predicted octanol–water partition coefficient (Wildman–Crippen LogP) is 4.35. The predicted molar refractivity (Wildman–Crippen MR) is 128 cm³/mol. The summed E-state index contributed by atoms with van der Waals surface area (Å²) in [5.74, 6) is 1.32. The molecule has 0 aliphatic rings. The van der Waals surface area contributed by atoms with Gasteiger partial charge in [-0.2, -0.15) is 0 Å². The van der Waals surface area contributed by atoms with Crippen molar-refractivity contribution in [1.82, 2.24) is 20.3 Å². The summed E-state index contributed by atoms with van der Waals surface area (Å²) >= 11 is 0. The third-order valence-electron chi connectivity index (χ3n) is 5.13. The molecule has 0 saturated heterocycles. The number of hydrogen-bond donors (Lipinski definition) is 4. The number of aliphatic hydroxyl groups is 1. The van der Waals surface area contributed by atoms with Crippen LogP contribution >= 0.6 is 0 Å². The van der Waals surface area contributed by atoms with Crippen LogP contribution in [0.5, 0.6) is 11.6 Å². The Bertz CT molecular complexity index is 1260. The van der Waals surface area contributed by atoms with E-state index in [-0.39, 0.29) is 12.5 Å². The van der Waals surface area contributed by atoms with E-state index in [1.807, 2.05) is 61.5 Å². The first-order valence-corrected chi connectivity index (χ1v) is 10.6. The largest absolute Gasteiger partial charge is 0.495 e. The number of carbonyl (C=O) groups is 1. The van der Waals surface area contributed by atoms with Crippen molar-refractivity contribution in [2.45, 2.75) is 13.0 Å². The summed E-state index contributed by atoms with van der Waals surface area (Å²) in [4.78, 5) is 24.3. The van der Waals surface area contributed by atoms with Gasteiger partial charge >= 0.3 is 6.09 Å². The topological polar surface area (TPSA) is 121 Å². The van der Waals surface area contributed by atoms with Crippen molar-refractivity contribution in [3.05, 3.63) is 84.2 Å². The fourth-order valence-electron chi connectivity index (χ4n) is 3.42. The van der Waals surface area contributed by atoms with Crippen LogP contribution in [0.1, 0.15) is 17.2 Å². The Labute approximate surface area is 196 Å². The van der Waals surface area contributed by atoms with Crippen molar-refractivity contribution >= 4 is 17.7 Å². The standard InChI is InChI=1S/C25H25N5O4/c1-16-13-27-24(28-19-10-6-7-11-21(19)33-2)30-23(16)18-12-22(26-14-18)34-25(32)29-20(15-31)17-8-4-3-5-9-17/h3-14,20,26,31H,15H2,1-2H3,(H,29,32)(H,27,28,30). The smallest absolute Gasteiger partial charge is 0.414 e. The minimum atomic E-state index is -0.686. The SMILES string of the molecule is COc1ccccc1Nc1ncc(C)c(-c2c[nH]c(OC(=O)NC(CO)c3ccccc3)c2)n1. The molecule has 0 aliphatic carbocycles. The van der Waals surface area contributed by atoms with Crippen LogP contribution in [0.2, 0.25) is 0 Å². The van der Waals surface area contributed by atoms with Gasteiger partial charge in [0, 0.05) is 24.0 Å². The number of aromatic amines is 1. The highest BCUT2D eigenvalue weighted by molar-refractivity contribution is 5.72. The van der Waals surface area contributed by atoms with Gasteiger partial charge in [0.1, 0.15) is 5.75 Å². The quantitative estimate of drug-likeness (QED) is 0.309. The first kappa shape index (κ1) is 22.8. The number of amides is 1. The Morgan fingerprint density at radius 1 is 1.15 bits per heavy atom. The number of methoxy groups -OCH3 is 1. The maximum atomic E-state index is 12.4. The fraction of sp³-hybridized carbons (Fsp3) is 0.160. The summed E-state index contributed by atoms with van der Waals surface area (Å²) in [6.45, 7) is 1.64. The summed E-state index contributed by atoms with van der Waals surface area (Å²) in [5, 5.41) is 15.5. The molecule has 1 atom stereocenters. The lowest BCUT2D eigenvalue weighted by molar-refractivity contribution is 0.182. The molecule has 2 aromatic carbocycles. The Balaban J connectivity index is 1.47. The van der Waals surface area contributed by atoms with E-state index in [1.165, 1.54) is 0 Å². The number of H-pyrrole nitrogens is 1. The average Bonchev–Trinajstić information content (AvgIpc) is 3.32. The zero-order valence-corrected chi connectivity index (χ0v) is 18.8. The highest BCUT2D eigenvalue weighted by atomic mass is 16.6. The van der Waals surface area contributed by atoms with Crippen LogP contribution in [0.25, 0.3) is 11.3 Å². The van der Waals surface area contributed by atoms with Crippen LogP contribution in [-0.4, -0.2) is 39.9 Å². The van der Waals surface area contributed by atoms with E-state index in [0.717, 1.165) is 22.4 Å². The van der Waals surface area contributed by atoms with Gasteiger partial charge in [0.05, 0.1) is 31.1 Å². The van der Waals surface area contributed by atoms with Crippen LogP contribution in [0.3, 0.4) is 0 Å². The van der Waals surface area contributed by atoms with Crippen molar-refractivity contribution in [3.8, 4) is 22.9 Å². The maximum Gasteiger partial charge on any atom is 0.414 e. The fourth-order valence-corrected chi connectivity index (χ4v) is 3.42. The van der Waals surface area contributed by atoms with E-state index in [2.05, 4.69) is 25.6 Å². The molecule has 9 nitrogen and oxygen atoms in total. The number of rotatable bonds is 8. The number of aromatic nitrogens is 3. The Hall–Kier alpha value is -4.37. The third-order valence-corrected chi connectivity index (χ3v) is 5.13. The molecule has 0 saturated carbocycles. The first-order chi connectivity index (χ1) is 16.6. The number of hydrogen-bond acceptors (Lipinski definition) is 7. The normalized spacial score (nSPS) is 11.5. The molecule has 4 N–H and O–H groups in total. The lowest BCUT2D eigenvalue weighted by Crippen LogP contribution is -2.33. The Kier molecular flexibility index (Phi) is 7.04. The number of carbonyl (C=O) groups excluding carboxylic acids is 1. The van der Waals surface area contributed by atoms with Gasteiger partial charge in [0.2, 0.25) is 11.8 Å². The van der Waals surface area contributed by atoms with Gasteiger partial charge in [-0.1, -0.05) is 42.5 Å². The molecule has 34 heavy (non-hydrogen) atoms. The first-order valence-electron chi connectivity index (χ1n) is 10.6. The van der Waals surface area contributed by atoms with Crippen molar-refractivity contribution in [1.29, 1.82) is 0 Å². The molecular weight excluding hydrogens is 434 g/mol. The van der Waals surface area contributed by atoms with Crippen LogP contribution in [0, 0.1) is 6.92 Å². The summed E-state index contributed by atoms with van der Waals surface area (Å²) in [6.07, 6.45) is 2.73. The lowest BCUT2D eigenvalue weighted by atomic mass is 10.1. The third kappa shape index (κ3) is 5.33. The average molecular weight is 460 g/mol. The molecule has 4 rings (SSSR count).